The molecule has 27 heavy (non-hydrogen) atoms. The third-order valence-electron chi connectivity index (χ3n) is 5.05. The number of nitrogens with zero attached hydrogens (tertiary/aromatic N) is 1. The number of amides is 1. The van der Waals surface area contributed by atoms with Crippen LogP contribution in [0.3, 0.4) is 0 Å². The van der Waals surface area contributed by atoms with E-state index in [9.17, 15) is 9.59 Å². The largest absolute Gasteiger partial charge is 0.481 e. The lowest BCUT2D eigenvalue weighted by Crippen LogP contribution is -2.39. The van der Waals surface area contributed by atoms with Crippen LogP contribution in [0.2, 0.25) is 0 Å². The summed E-state index contributed by atoms with van der Waals surface area (Å²) in [6.07, 6.45) is 0.241. The van der Waals surface area contributed by atoms with Crippen molar-refractivity contribution >= 4 is 22.6 Å². The van der Waals surface area contributed by atoms with Crippen LogP contribution in [0, 0.1) is 13.8 Å². The van der Waals surface area contributed by atoms with Crippen LogP contribution in [-0.2, 0) is 11.2 Å². The maximum Gasteiger partial charge on any atom is 0.336 e. The monoisotopic (exact) mass is 363 g/mol. The van der Waals surface area contributed by atoms with Gasteiger partial charge in [0, 0.05) is 23.7 Å². The van der Waals surface area contributed by atoms with Crippen molar-refractivity contribution in [2.24, 2.45) is 0 Å². The lowest BCUT2D eigenvalue weighted by molar-refractivity contribution is -0.124. The van der Waals surface area contributed by atoms with Crippen molar-refractivity contribution in [1.82, 2.24) is 0 Å². The highest BCUT2D eigenvalue weighted by Crippen LogP contribution is 2.30. The standard InChI is InChI=1S/C22H21NO4/c1-13-11-21(24)27-20-10-14(2)19(12-17(13)20)26-15(3)22(25)23-9-8-16-6-4-5-7-18(16)23/h4-7,10-12,15H,8-9H2,1-3H3/t15-/m1/s1. The first kappa shape index (κ1) is 17.3. The SMILES string of the molecule is Cc1cc2oc(=O)cc(C)c2cc1O[C@H](C)C(=O)N1CCc2ccccc21. The third kappa shape index (κ3) is 3.10. The van der Waals surface area contributed by atoms with Crippen LogP contribution in [0.15, 0.2) is 51.7 Å². The quantitative estimate of drug-likeness (QED) is 0.665. The molecule has 138 valence electrons. The molecule has 0 fully saturated rings. The molecule has 2 heterocycles. The second-order valence-corrected chi connectivity index (χ2v) is 6.99. The molecule has 0 bridgehead atoms. The highest BCUT2D eigenvalue weighted by molar-refractivity contribution is 5.98. The van der Waals surface area contributed by atoms with E-state index in [1.807, 2.05) is 38.1 Å². The van der Waals surface area contributed by atoms with Crippen molar-refractivity contribution in [3.63, 3.8) is 0 Å². The molecule has 0 saturated carbocycles. The van der Waals surface area contributed by atoms with Gasteiger partial charge in [-0.15, -0.1) is 0 Å². The average Bonchev–Trinajstić information content (AvgIpc) is 3.06. The van der Waals surface area contributed by atoms with Crippen molar-refractivity contribution in [2.45, 2.75) is 33.3 Å². The summed E-state index contributed by atoms with van der Waals surface area (Å²) in [5.74, 6) is 0.559. The molecule has 3 aromatic rings. The Morgan fingerprint density at radius 3 is 2.74 bits per heavy atom. The summed E-state index contributed by atoms with van der Waals surface area (Å²) in [7, 11) is 0. The average molecular weight is 363 g/mol. The fourth-order valence-corrected chi connectivity index (χ4v) is 3.60. The van der Waals surface area contributed by atoms with Gasteiger partial charge < -0.3 is 14.1 Å². The van der Waals surface area contributed by atoms with Crippen LogP contribution in [0.1, 0.15) is 23.6 Å². The zero-order valence-electron chi connectivity index (χ0n) is 15.6. The van der Waals surface area contributed by atoms with E-state index in [-0.39, 0.29) is 11.5 Å². The van der Waals surface area contributed by atoms with E-state index in [0.717, 1.165) is 28.6 Å². The summed E-state index contributed by atoms with van der Waals surface area (Å²) in [5, 5.41) is 0.807. The lowest BCUT2D eigenvalue weighted by atomic mass is 10.1. The van der Waals surface area contributed by atoms with Crippen molar-refractivity contribution in [1.29, 1.82) is 0 Å². The zero-order chi connectivity index (χ0) is 19.1. The van der Waals surface area contributed by atoms with Gasteiger partial charge in [0.05, 0.1) is 0 Å². The Bertz CT molecular complexity index is 1100. The first-order valence-electron chi connectivity index (χ1n) is 9.05. The predicted molar refractivity (Wildman–Crippen MR) is 105 cm³/mol. The number of rotatable bonds is 3. The number of aryl methyl sites for hydroxylation is 2. The number of carbonyl (C=O) groups excluding carboxylic acids is 1. The Morgan fingerprint density at radius 2 is 1.93 bits per heavy atom. The van der Waals surface area contributed by atoms with Gasteiger partial charge >= 0.3 is 5.63 Å². The summed E-state index contributed by atoms with van der Waals surface area (Å²) >= 11 is 0. The van der Waals surface area contributed by atoms with Crippen molar-refractivity contribution in [3.8, 4) is 5.75 Å². The summed E-state index contributed by atoms with van der Waals surface area (Å²) < 4.78 is 11.3. The van der Waals surface area contributed by atoms with Gasteiger partial charge in [-0.05, 0) is 62.1 Å². The minimum absolute atomic E-state index is 0.0595. The highest BCUT2D eigenvalue weighted by Gasteiger charge is 2.29. The van der Waals surface area contributed by atoms with Crippen LogP contribution < -0.4 is 15.3 Å². The summed E-state index contributed by atoms with van der Waals surface area (Å²) in [4.78, 5) is 26.3. The van der Waals surface area contributed by atoms with Crippen molar-refractivity contribution < 1.29 is 13.9 Å². The molecule has 0 radical (unpaired) electrons. The first-order valence-corrected chi connectivity index (χ1v) is 9.05. The minimum atomic E-state index is -0.622. The molecule has 1 atom stereocenters. The van der Waals surface area contributed by atoms with Crippen molar-refractivity contribution in [2.75, 3.05) is 11.4 Å². The minimum Gasteiger partial charge on any atom is -0.481 e. The molecular formula is C22H21NO4. The van der Waals surface area contributed by atoms with E-state index in [4.69, 9.17) is 9.15 Å². The summed E-state index contributed by atoms with van der Waals surface area (Å²) in [6.45, 7) is 6.17. The topological polar surface area (TPSA) is 59.8 Å². The molecule has 0 saturated heterocycles. The van der Waals surface area contributed by atoms with Crippen LogP contribution in [-0.4, -0.2) is 18.6 Å². The maximum atomic E-state index is 12.9. The van der Waals surface area contributed by atoms with Gasteiger partial charge in [0.25, 0.3) is 5.91 Å². The van der Waals surface area contributed by atoms with Crippen LogP contribution in [0.25, 0.3) is 11.0 Å². The van der Waals surface area contributed by atoms with Gasteiger partial charge in [-0.25, -0.2) is 4.79 Å². The Balaban J connectivity index is 1.61. The lowest BCUT2D eigenvalue weighted by Gasteiger charge is -2.23. The van der Waals surface area contributed by atoms with E-state index in [1.54, 1.807) is 17.9 Å². The molecule has 0 unspecified atom stereocenters. The number of carbonyl (C=O) groups is 1. The van der Waals surface area contributed by atoms with E-state index >= 15 is 0 Å². The number of ether oxygens (including phenoxy) is 1. The fourth-order valence-electron chi connectivity index (χ4n) is 3.60. The molecule has 1 aliphatic heterocycles. The highest BCUT2D eigenvalue weighted by atomic mass is 16.5. The first-order chi connectivity index (χ1) is 12.9. The third-order valence-corrected chi connectivity index (χ3v) is 5.05. The molecule has 1 amide bonds. The second kappa shape index (κ2) is 6.58. The van der Waals surface area contributed by atoms with Gasteiger partial charge in [-0.2, -0.15) is 0 Å². The summed E-state index contributed by atoms with van der Waals surface area (Å²) in [5.41, 5.74) is 3.94. The molecule has 2 aromatic carbocycles. The number of fused-ring (bicyclic) bond motifs is 2. The van der Waals surface area contributed by atoms with Crippen LogP contribution in [0.4, 0.5) is 5.69 Å². The van der Waals surface area contributed by atoms with Gasteiger partial charge in [0.1, 0.15) is 11.3 Å². The Kier molecular flexibility index (Phi) is 4.22. The molecule has 0 N–H and O–H groups in total. The number of hydrogen-bond donors (Lipinski definition) is 0. The van der Waals surface area contributed by atoms with Crippen molar-refractivity contribution in [3.05, 3.63) is 69.6 Å². The zero-order valence-corrected chi connectivity index (χ0v) is 15.6. The molecule has 4 rings (SSSR count). The smallest absolute Gasteiger partial charge is 0.336 e. The molecule has 0 spiro atoms. The fraction of sp³-hybridized carbons (Fsp3) is 0.273. The van der Waals surface area contributed by atoms with Gasteiger partial charge in [0.2, 0.25) is 0 Å². The number of benzene rings is 2. The van der Waals surface area contributed by atoms with E-state index < -0.39 is 6.10 Å². The Labute approximate surface area is 157 Å². The number of para-hydroxylation sites is 1. The molecule has 5 heteroatoms. The van der Waals surface area contributed by atoms with E-state index in [2.05, 4.69) is 6.07 Å². The Morgan fingerprint density at radius 1 is 1.15 bits per heavy atom. The molecule has 0 aliphatic carbocycles. The van der Waals surface area contributed by atoms with Gasteiger partial charge in [-0.1, -0.05) is 18.2 Å². The van der Waals surface area contributed by atoms with Gasteiger partial charge in [0.15, 0.2) is 6.10 Å². The normalized spacial score (nSPS) is 14.3. The number of hydrogen-bond acceptors (Lipinski definition) is 4. The maximum absolute atomic E-state index is 12.9. The Hall–Kier alpha value is -3.08. The second-order valence-electron chi connectivity index (χ2n) is 6.99. The van der Waals surface area contributed by atoms with Gasteiger partial charge in [-0.3, -0.25) is 4.79 Å². The van der Waals surface area contributed by atoms with Crippen LogP contribution >= 0.6 is 0 Å². The van der Waals surface area contributed by atoms with Crippen LogP contribution in [0.5, 0.6) is 5.75 Å². The molecule has 1 aliphatic rings. The van der Waals surface area contributed by atoms with E-state index in [0.29, 0.717) is 17.9 Å². The van der Waals surface area contributed by atoms with E-state index in [1.165, 1.54) is 11.6 Å². The predicted octanol–water partition coefficient (Wildman–Crippen LogP) is 3.77. The molecular weight excluding hydrogens is 342 g/mol. The molecule has 1 aromatic heterocycles. The number of anilines is 1. The molecule has 5 nitrogen and oxygen atoms in total. The summed E-state index contributed by atoms with van der Waals surface area (Å²) in [6, 6.07) is 13.0.